The maximum Gasteiger partial charge on any atom is 0.272 e. The summed E-state index contributed by atoms with van der Waals surface area (Å²) in [6, 6.07) is 29.3. The minimum absolute atomic E-state index is 0.0420. The van der Waals surface area contributed by atoms with E-state index in [-0.39, 0.29) is 29.8 Å². The van der Waals surface area contributed by atoms with Gasteiger partial charge < -0.3 is 16.0 Å². The number of hydrogen-bond donors (Lipinski definition) is 3. The minimum atomic E-state index is -0.610. The molecule has 0 saturated carbocycles. The third-order valence-electron chi connectivity index (χ3n) is 6.63. The fraction of sp³-hybridized carbons (Fsp3) is 0.0882. The Balaban J connectivity index is 1.26. The molecule has 0 aliphatic carbocycles. The zero-order valence-electron chi connectivity index (χ0n) is 24.0. The highest BCUT2D eigenvalue weighted by molar-refractivity contribution is 9.10. The molecule has 226 valence electrons. The fourth-order valence-electron chi connectivity index (χ4n) is 4.55. The number of carbonyl (C=O) groups excluding carboxylic acids is 5. The van der Waals surface area contributed by atoms with Crippen molar-refractivity contribution in [2.45, 2.75) is 23.5 Å². The SMILES string of the molecule is CC(=O)Nc1ccc(N2C(=O)CC(Sc3ccc(NC(=O)/C(=C/c4cccc(Br)c4)NC(=O)c4ccccc4)cc3)C2=O)cc1. The highest BCUT2D eigenvalue weighted by Crippen LogP contribution is 2.34. The van der Waals surface area contributed by atoms with Crippen molar-refractivity contribution in [2.75, 3.05) is 15.5 Å². The van der Waals surface area contributed by atoms with Crippen LogP contribution in [0.4, 0.5) is 17.1 Å². The van der Waals surface area contributed by atoms with Crippen molar-refractivity contribution in [3.63, 3.8) is 0 Å². The maximum absolute atomic E-state index is 13.3. The van der Waals surface area contributed by atoms with Crippen LogP contribution in [0.5, 0.6) is 0 Å². The van der Waals surface area contributed by atoms with E-state index in [1.165, 1.54) is 18.7 Å². The van der Waals surface area contributed by atoms with Crippen LogP contribution in [0.15, 0.2) is 118 Å². The topological polar surface area (TPSA) is 125 Å². The van der Waals surface area contributed by atoms with Crippen LogP contribution in [-0.4, -0.2) is 34.8 Å². The Kier molecular flexibility index (Phi) is 9.91. The lowest BCUT2D eigenvalue weighted by Gasteiger charge is -2.15. The van der Waals surface area contributed by atoms with E-state index in [0.29, 0.717) is 28.2 Å². The number of halogens is 1. The fourth-order valence-corrected chi connectivity index (χ4v) is 6.02. The van der Waals surface area contributed by atoms with Crippen LogP contribution in [-0.2, 0) is 19.2 Å². The molecule has 11 heteroatoms. The number of benzene rings is 4. The van der Waals surface area contributed by atoms with Crippen molar-refractivity contribution in [3.05, 3.63) is 124 Å². The first-order valence-corrected chi connectivity index (χ1v) is 15.5. The van der Waals surface area contributed by atoms with Gasteiger partial charge in [0.05, 0.1) is 10.9 Å². The van der Waals surface area contributed by atoms with Crippen molar-refractivity contribution in [1.29, 1.82) is 0 Å². The number of hydrogen-bond acceptors (Lipinski definition) is 6. The standard InChI is InChI=1S/C34H27BrN4O5S/c1-21(40)36-25-10-14-27(15-11-25)39-31(41)20-30(34(39)44)45-28-16-12-26(13-17-28)37-33(43)29(19-22-6-5-9-24(35)18-22)38-32(42)23-7-3-2-4-8-23/h2-19,30H,20H2,1H3,(H,36,40)(H,37,43)(H,38,42)/b29-19-. The number of carbonyl (C=O) groups is 5. The first-order chi connectivity index (χ1) is 21.7. The van der Waals surface area contributed by atoms with Gasteiger partial charge in [-0.3, -0.25) is 24.0 Å². The zero-order chi connectivity index (χ0) is 31.9. The number of amides is 5. The second kappa shape index (κ2) is 14.2. The van der Waals surface area contributed by atoms with Gasteiger partial charge in [0, 0.05) is 39.7 Å². The van der Waals surface area contributed by atoms with Gasteiger partial charge >= 0.3 is 0 Å². The van der Waals surface area contributed by atoms with Gasteiger partial charge in [-0.25, -0.2) is 4.90 Å². The molecule has 0 bridgehead atoms. The Morgan fingerprint density at radius 1 is 0.844 bits per heavy atom. The van der Waals surface area contributed by atoms with Gasteiger partial charge in [0.15, 0.2) is 0 Å². The summed E-state index contributed by atoms with van der Waals surface area (Å²) >= 11 is 4.69. The smallest absolute Gasteiger partial charge is 0.272 e. The lowest BCUT2D eigenvalue weighted by atomic mass is 10.1. The Hall–Kier alpha value is -5.00. The molecule has 1 atom stereocenters. The molecular formula is C34H27BrN4O5S. The number of thioether (sulfide) groups is 1. The summed E-state index contributed by atoms with van der Waals surface area (Å²) in [5.74, 6) is -1.80. The van der Waals surface area contributed by atoms with Gasteiger partial charge in [0.1, 0.15) is 5.70 Å². The molecule has 4 aromatic carbocycles. The third-order valence-corrected chi connectivity index (χ3v) is 8.32. The number of anilines is 3. The summed E-state index contributed by atoms with van der Waals surface area (Å²) in [7, 11) is 0. The molecule has 4 aromatic rings. The molecule has 9 nitrogen and oxygen atoms in total. The molecule has 1 aliphatic rings. The number of nitrogens with zero attached hydrogens (tertiary/aromatic N) is 1. The van der Waals surface area contributed by atoms with Crippen molar-refractivity contribution in [1.82, 2.24) is 5.32 Å². The Bertz CT molecular complexity index is 1790. The number of rotatable bonds is 9. The summed E-state index contributed by atoms with van der Waals surface area (Å²) in [6.07, 6.45) is 1.63. The average Bonchev–Trinajstić information content (AvgIpc) is 3.30. The van der Waals surface area contributed by atoms with E-state index < -0.39 is 17.1 Å². The van der Waals surface area contributed by atoms with E-state index in [2.05, 4.69) is 31.9 Å². The van der Waals surface area contributed by atoms with Gasteiger partial charge in [0.25, 0.3) is 11.8 Å². The molecule has 0 aromatic heterocycles. The van der Waals surface area contributed by atoms with Crippen LogP contribution >= 0.6 is 27.7 Å². The summed E-state index contributed by atoms with van der Waals surface area (Å²) < 4.78 is 0.823. The van der Waals surface area contributed by atoms with Crippen LogP contribution in [0.3, 0.4) is 0 Å². The van der Waals surface area contributed by atoms with Gasteiger partial charge in [-0.1, -0.05) is 46.3 Å². The molecule has 3 N–H and O–H groups in total. The highest BCUT2D eigenvalue weighted by atomic mass is 79.9. The zero-order valence-corrected chi connectivity index (χ0v) is 26.4. The Morgan fingerprint density at radius 3 is 2.18 bits per heavy atom. The largest absolute Gasteiger partial charge is 0.326 e. The molecule has 5 amide bonds. The summed E-state index contributed by atoms with van der Waals surface area (Å²) in [6.45, 7) is 1.40. The van der Waals surface area contributed by atoms with E-state index in [9.17, 15) is 24.0 Å². The van der Waals surface area contributed by atoms with Crippen molar-refractivity contribution in [2.24, 2.45) is 0 Å². The van der Waals surface area contributed by atoms with E-state index in [4.69, 9.17) is 0 Å². The molecule has 1 heterocycles. The van der Waals surface area contributed by atoms with Crippen LogP contribution in [0, 0.1) is 0 Å². The van der Waals surface area contributed by atoms with Crippen molar-refractivity contribution >= 4 is 80.4 Å². The van der Waals surface area contributed by atoms with Gasteiger partial charge in [-0.05, 0) is 84.4 Å². The third kappa shape index (κ3) is 8.14. The van der Waals surface area contributed by atoms with Crippen LogP contribution < -0.4 is 20.9 Å². The van der Waals surface area contributed by atoms with E-state index in [1.54, 1.807) is 84.9 Å². The van der Waals surface area contributed by atoms with Crippen molar-refractivity contribution in [3.8, 4) is 0 Å². The van der Waals surface area contributed by atoms with Crippen LogP contribution in [0.1, 0.15) is 29.3 Å². The van der Waals surface area contributed by atoms with Crippen LogP contribution in [0.25, 0.3) is 6.08 Å². The average molecular weight is 684 g/mol. The molecule has 5 rings (SSSR count). The lowest BCUT2D eigenvalue weighted by Crippen LogP contribution is -2.31. The second-order valence-corrected chi connectivity index (χ2v) is 12.2. The minimum Gasteiger partial charge on any atom is -0.326 e. The predicted octanol–water partition coefficient (Wildman–Crippen LogP) is 6.24. The van der Waals surface area contributed by atoms with E-state index in [1.807, 2.05) is 24.3 Å². The Labute approximate surface area is 272 Å². The lowest BCUT2D eigenvalue weighted by molar-refractivity contribution is -0.121. The molecule has 45 heavy (non-hydrogen) atoms. The molecular weight excluding hydrogens is 656 g/mol. The molecule has 0 radical (unpaired) electrons. The van der Waals surface area contributed by atoms with E-state index in [0.717, 1.165) is 14.3 Å². The summed E-state index contributed by atoms with van der Waals surface area (Å²) in [5, 5.41) is 7.58. The summed E-state index contributed by atoms with van der Waals surface area (Å²) in [5.41, 5.74) is 2.66. The predicted molar refractivity (Wildman–Crippen MR) is 179 cm³/mol. The molecule has 0 spiro atoms. The quantitative estimate of drug-likeness (QED) is 0.142. The molecule has 1 fully saturated rings. The van der Waals surface area contributed by atoms with Gasteiger partial charge in [-0.15, -0.1) is 11.8 Å². The number of nitrogens with one attached hydrogen (secondary N) is 3. The van der Waals surface area contributed by atoms with Crippen molar-refractivity contribution < 1.29 is 24.0 Å². The molecule has 1 aliphatic heterocycles. The normalized spacial score (nSPS) is 14.7. The number of imide groups is 1. The molecule has 1 saturated heterocycles. The maximum atomic E-state index is 13.3. The van der Waals surface area contributed by atoms with Gasteiger partial charge in [-0.2, -0.15) is 0 Å². The second-order valence-electron chi connectivity index (χ2n) is 10.0. The van der Waals surface area contributed by atoms with Gasteiger partial charge in [0.2, 0.25) is 17.7 Å². The highest BCUT2D eigenvalue weighted by Gasteiger charge is 2.40. The summed E-state index contributed by atoms with van der Waals surface area (Å²) in [4.78, 5) is 65.3. The molecule has 1 unspecified atom stereocenters. The first-order valence-electron chi connectivity index (χ1n) is 13.8. The monoisotopic (exact) mass is 682 g/mol. The first kappa shape index (κ1) is 31.4. The van der Waals surface area contributed by atoms with Crippen LogP contribution in [0.2, 0.25) is 0 Å². The Morgan fingerprint density at radius 2 is 1.51 bits per heavy atom. The van der Waals surface area contributed by atoms with E-state index >= 15 is 0 Å².